The molecule has 0 saturated carbocycles. The fourth-order valence-electron chi connectivity index (χ4n) is 0. The summed E-state index contributed by atoms with van der Waals surface area (Å²) in [4.78, 5) is 0. The smallest absolute Gasteiger partial charge is 2.00 e. The molecule has 0 heterocycles. The van der Waals surface area contributed by atoms with Crippen molar-refractivity contribution in [3.8, 4) is 0 Å². The first-order chi connectivity index (χ1) is 0. The van der Waals surface area contributed by atoms with Crippen molar-refractivity contribution in [2.75, 3.05) is 0 Å². The van der Waals surface area contributed by atoms with E-state index in [1.165, 1.54) is 0 Å². The average molecular weight is 146 g/mol. The second-order valence-corrected chi connectivity index (χ2v) is 0. The largest absolute Gasteiger partial charge is 6.00 e. The number of hydrogen-bond donors (Lipinski definition) is 0. The van der Waals surface area contributed by atoms with Crippen molar-refractivity contribution in [2.45, 2.75) is 0 Å². The van der Waals surface area contributed by atoms with E-state index in [2.05, 4.69) is 0 Å². The molecular formula is O3Tc. The summed E-state index contributed by atoms with van der Waals surface area (Å²) in [6.45, 7) is 0. The summed E-state index contributed by atoms with van der Waals surface area (Å²) >= 11 is 0. The Morgan fingerprint density at radius 2 is 0.500 bits per heavy atom. The van der Waals surface area contributed by atoms with E-state index in [0.29, 0.717) is 0 Å². The van der Waals surface area contributed by atoms with E-state index >= 15 is 0 Å². The Labute approximate surface area is 37.3 Å². The van der Waals surface area contributed by atoms with Gasteiger partial charge in [-0.3, -0.25) is 0 Å². The maximum atomic E-state index is 0. The third-order valence-corrected chi connectivity index (χ3v) is 0. The second kappa shape index (κ2) is 80.6. The SMILES string of the molecule is [O-2].[O-2].[O-2].[Tc+6]. The van der Waals surface area contributed by atoms with Crippen LogP contribution in [0, 0.1) is 0 Å². The minimum absolute atomic E-state index is 0. The fourth-order valence-corrected chi connectivity index (χ4v) is 0. The van der Waals surface area contributed by atoms with Crippen LogP contribution in [0.5, 0.6) is 0 Å². The summed E-state index contributed by atoms with van der Waals surface area (Å²) in [6, 6.07) is 0. The van der Waals surface area contributed by atoms with Crippen molar-refractivity contribution in [1.82, 2.24) is 0 Å². The zero-order valence-electron chi connectivity index (χ0n) is 1.60. The van der Waals surface area contributed by atoms with Gasteiger partial charge in [-0.25, -0.2) is 0 Å². The first-order valence-corrected chi connectivity index (χ1v) is 0. The predicted molar refractivity (Wildman–Crippen MR) is 2.06 cm³/mol. The Morgan fingerprint density at radius 3 is 0.500 bits per heavy atom. The van der Waals surface area contributed by atoms with Gasteiger partial charge in [-0.1, -0.05) is 0 Å². The van der Waals surface area contributed by atoms with Gasteiger partial charge in [-0.05, 0) is 0 Å². The zero-order valence-corrected chi connectivity index (χ0v) is 3.46. The van der Waals surface area contributed by atoms with E-state index < -0.39 is 0 Å². The molecule has 0 N–H and O–H groups in total. The molecule has 3 nitrogen and oxygen atoms in total. The first-order valence-electron chi connectivity index (χ1n) is 0. The molecule has 0 rings (SSSR count). The molecule has 0 unspecified atom stereocenters. The molecule has 0 bridgehead atoms. The van der Waals surface area contributed by atoms with Gasteiger partial charge < -0.3 is 16.4 Å². The van der Waals surface area contributed by atoms with Crippen molar-refractivity contribution in [2.24, 2.45) is 0 Å². The van der Waals surface area contributed by atoms with Crippen LogP contribution in [0.25, 0.3) is 0 Å². The minimum Gasteiger partial charge on any atom is -2.00 e. The monoisotopic (exact) mass is 145 g/mol. The van der Waals surface area contributed by atoms with Crippen molar-refractivity contribution in [1.29, 1.82) is 0 Å². The van der Waals surface area contributed by atoms with Crippen LogP contribution in [-0.2, 0) is 36.5 Å². The van der Waals surface area contributed by atoms with Crippen LogP contribution in [0.15, 0.2) is 0 Å². The molecule has 4 heteroatoms. The normalized spacial score (nSPS) is 0. The van der Waals surface area contributed by atoms with Crippen molar-refractivity contribution in [3.63, 3.8) is 0 Å². The summed E-state index contributed by atoms with van der Waals surface area (Å²) in [5.41, 5.74) is 0. The maximum absolute atomic E-state index is 0. The van der Waals surface area contributed by atoms with E-state index in [4.69, 9.17) is 0 Å². The van der Waals surface area contributed by atoms with Gasteiger partial charge >= 0.3 is 20.1 Å². The molecule has 0 aromatic carbocycles. The van der Waals surface area contributed by atoms with Crippen LogP contribution >= 0.6 is 0 Å². The third kappa shape index (κ3) is 21.1. The van der Waals surface area contributed by atoms with Crippen LogP contribution in [0.3, 0.4) is 0 Å². The maximum Gasteiger partial charge on any atom is 6.00 e. The van der Waals surface area contributed by atoms with Gasteiger partial charge in [-0.2, -0.15) is 0 Å². The minimum atomic E-state index is 0. The molecule has 0 saturated heterocycles. The summed E-state index contributed by atoms with van der Waals surface area (Å²) in [5.74, 6) is 0. The Morgan fingerprint density at radius 1 is 0.500 bits per heavy atom. The van der Waals surface area contributed by atoms with Gasteiger partial charge in [0.2, 0.25) is 0 Å². The van der Waals surface area contributed by atoms with E-state index in [0.717, 1.165) is 0 Å². The Hall–Kier alpha value is 0.529. The van der Waals surface area contributed by atoms with Gasteiger partial charge in [0.15, 0.2) is 0 Å². The second-order valence-electron chi connectivity index (χ2n) is 0. The predicted octanol–water partition coefficient (Wildman–Crippen LogP) is -0.359. The van der Waals surface area contributed by atoms with Crippen LogP contribution in [0.2, 0.25) is 0 Å². The molecule has 0 aliphatic carbocycles. The van der Waals surface area contributed by atoms with Crippen molar-refractivity contribution in [3.05, 3.63) is 0 Å². The summed E-state index contributed by atoms with van der Waals surface area (Å²) in [6.07, 6.45) is 0. The van der Waals surface area contributed by atoms with Gasteiger partial charge in [0.05, 0.1) is 0 Å². The summed E-state index contributed by atoms with van der Waals surface area (Å²) < 4.78 is 0. The Bertz CT molecular complexity index is 3.25. The summed E-state index contributed by atoms with van der Waals surface area (Å²) in [5, 5.41) is 0. The van der Waals surface area contributed by atoms with Crippen molar-refractivity contribution >= 4 is 0 Å². The van der Waals surface area contributed by atoms with Crippen LogP contribution in [-0.4, -0.2) is 0 Å². The molecule has 0 spiro atoms. The van der Waals surface area contributed by atoms with Gasteiger partial charge in [0, 0.05) is 0 Å². The van der Waals surface area contributed by atoms with E-state index in [-0.39, 0.29) is 36.5 Å². The zero-order chi connectivity index (χ0) is 0. The molecule has 4 heavy (non-hydrogen) atoms. The molecule has 0 atom stereocenters. The van der Waals surface area contributed by atoms with Gasteiger partial charge in [0.1, 0.15) is 0 Å². The summed E-state index contributed by atoms with van der Waals surface area (Å²) in [7, 11) is 0. The van der Waals surface area contributed by atoms with E-state index in [1.807, 2.05) is 0 Å². The molecule has 0 amide bonds. The average Bonchev–Trinajstić information content (AvgIpc) is 0. The molecule has 0 aromatic rings. The van der Waals surface area contributed by atoms with Crippen LogP contribution in [0.4, 0.5) is 0 Å². The van der Waals surface area contributed by atoms with E-state index in [9.17, 15) is 0 Å². The van der Waals surface area contributed by atoms with Gasteiger partial charge in [-0.15, -0.1) is 0 Å². The molecule has 1 radical (unpaired) electrons. The molecule has 25 valence electrons. The van der Waals surface area contributed by atoms with E-state index in [1.54, 1.807) is 0 Å². The molecular weight excluding hydrogens is 146 g/mol. The Kier molecular flexibility index (Phi) is 4060. The molecule has 0 aromatic heterocycles. The standard InChI is InChI=1S/3O.Tc/q3*-2;+6. The third-order valence-electron chi connectivity index (χ3n) is 0. The number of hydrogen-bond acceptors (Lipinski definition) is 0. The Balaban J connectivity index is 0. The number of rotatable bonds is 0. The van der Waals surface area contributed by atoms with Crippen LogP contribution < -0.4 is 0 Å². The quantitative estimate of drug-likeness (QED) is 0.446. The first kappa shape index (κ1) is 201. The molecule has 0 aliphatic rings. The fraction of sp³-hybridized carbons (Fsp3) is 0. The topological polar surface area (TPSA) is 85.5 Å². The molecule has 0 aliphatic heterocycles. The van der Waals surface area contributed by atoms with Crippen LogP contribution in [0.1, 0.15) is 0 Å². The molecule has 0 fully saturated rings. The van der Waals surface area contributed by atoms with Crippen molar-refractivity contribution < 1.29 is 36.5 Å². The van der Waals surface area contributed by atoms with Gasteiger partial charge in [0.25, 0.3) is 0 Å².